The molecule has 1 fully saturated rings. The van der Waals surface area contributed by atoms with Crippen LogP contribution in [0.3, 0.4) is 0 Å². The fourth-order valence-electron chi connectivity index (χ4n) is 3.64. The highest BCUT2D eigenvalue weighted by atomic mass is 19.1. The van der Waals surface area contributed by atoms with Gasteiger partial charge in [0.1, 0.15) is 5.82 Å². The van der Waals surface area contributed by atoms with Crippen molar-refractivity contribution in [2.24, 2.45) is 17.8 Å². The molecule has 3 rings (SSSR count). The molecular weight excluding hydrogens is 289 g/mol. The Morgan fingerprint density at radius 1 is 0.913 bits per heavy atom. The summed E-state index contributed by atoms with van der Waals surface area (Å²) in [5.74, 6) is 0.537. The minimum absolute atomic E-state index is 0.0204. The molecule has 2 aliphatic carbocycles. The number of nitrogens with one attached hydrogen (secondary N) is 1. The molecule has 23 heavy (non-hydrogen) atoms. The van der Waals surface area contributed by atoms with Crippen LogP contribution in [0.4, 0.5) is 10.1 Å². The first-order chi connectivity index (χ1) is 11.3. The molecule has 0 radical (unpaired) electrons. The highest BCUT2D eigenvalue weighted by molar-refractivity contribution is 5.95. The van der Waals surface area contributed by atoms with Gasteiger partial charge in [-0.15, -0.1) is 0 Å². The molecule has 2 atom stereocenters. The SMILES string of the molecule is O=C(Nc1ccccc1F)C1[C@H]2CCC=CCCC=CCC[C@H]12. The van der Waals surface area contributed by atoms with E-state index in [1.165, 1.54) is 6.07 Å². The summed E-state index contributed by atoms with van der Waals surface area (Å²) in [7, 11) is 0. The van der Waals surface area contributed by atoms with E-state index >= 15 is 0 Å². The summed E-state index contributed by atoms with van der Waals surface area (Å²) in [6, 6.07) is 6.37. The monoisotopic (exact) mass is 313 g/mol. The van der Waals surface area contributed by atoms with Gasteiger partial charge in [0, 0.05) is 5.92 Å². The zero-order valence-corrected chi connectivity index (χ0v) is 13.4. The van der Waals surface area contributed by atoms with E-state index in [1.807, 2.05) is 0 Å². The van der Waals surface area contributed by atoms with Gasteiger partial charge in [0.2, 0.25) is 5.91 Å². The van der Waals surface area contributed by atoms with Crippen molar-refractivity contribution in [1.82, 2.24) is 0 Å². The van der Waals surface area contributed by atoms with Gasteiger partial charge in [0.05, 0.1) is 5.69 Å². The number of para-hydroxylation sites is 1. The number of fused-ring (bicyclic) bond motifs is 1. The van der Waals surface area contributed by atoms with E-state index in [4.69, 9.17) is 0 Å². The molecule has 0 aromatic heterocycles. The van der Waals surface area contributed by atoms with Gasteiger partial charge in [0.25, 0.3) is 0 Å². The number of carbonyl (C=O) groups is 1. The highest BCUT2D eigenvalue weighted by Crippen LogP contribution is 2.52. The molecule has 0 unspecified atom stereocenters. The maximum absolute atomic E-state index is 13.7. The van der Waals surface area contributed by atoms with Crippen LogP contribution in [0.1, 0.15) is 38.5 Å². The average Bonchev–Trinajstić information content (AvgIpc) is 3.22. The van der Waals surface area contributed by atoms with Gasteiger partial charge >= 0.3 is 0 Å². The molecular formula is C20H24FNO. The fourth-order valence-corrected chi connectivity index (χ4v) is 3.64. The third-order valence-corrected chi connectivity index (χ3v) is 4.93. The van der Waals surface area contributed by atoms with Crippen LogP contribution in [0.15, 0.2) is 48.6 Å². The normalized spacial score (nSPS) is 27.4. The molecule has 1 aromatic carbocycles. The highest BCUT2D eigenvalue weighted by Gasteiger charge is 2.52. The molecule has 1 amide bonds. The predicted molar refractivity (Wildman–Crippen MR) is 91.5 cm³/mol. The molecule has 0 bridgehead atoms. The van der Waals surface area contributed by atoms with Crippen molar-refractivity contribution in [2.45, 2.75) is 38.5 Å². The largest absolute Gasteiger partial charge is 0.323 e. The van der Waals surface area contributed by atoms with Gasteiger partial charge in [0.15, 0.2) is 0 Å². The molecule has 1 aromatic rings. The van der Waals surface area contributed by atoms with Gasteiger partial charge in [-0.1, -0.05) is 36.4 Å². The van der Waals surface area contributed by atoms with Crippen LogP contribution >= 0.6 is 0 Å². The number of allylic oxidation sites excluding steroid dienone is 4. The second kappa shape index (κ2) is 7.58. The molecule has 0 aliphatic heterocycles. The van der Waals surface area contributed by atoms with Crippen molar-refractivity contribution in [3.63, 3.8) is 0 Å². The number of anilines is 1. The van der Waals surface area contributed by atoms with Crippen LogP contribution < -0.4 is 5.32 Å². The van der Waals surface area contributed by atoms with Gasteiger partial charge < -0.3 is 5.32 Å². The van der Waals surface area contributed by atoms with E-state index < -0.39 is 0 Å². The van der Waals surface area contributed by atoms with Crippen LogP contribution in [0.5, 0.6) is 0 Å². The van der Waals surface area contributed by atoms with E-state index in [1.54, 1.807) is 18.2 Å². The Morgan fingerprint density at radius 2 is 1.48 bits per heavy atom. The van der Waals surface area contributed by atoms with Crippen molar-refractivity contribution in [3.05, 3.63) is 54.4 Å². The zero-order chi connectivity index (χ0) is 16.1. The van der Waals surface area contributed by atoms with Crippen LogP contribution in [0, 0.1) is 23.6 Å². The summed E-state index contributed by atoms with van der Waals surface area (Å²) in [5.41, 5.74) is 0.291. The number of hydrogen-bond acceptors (Lipinski definition) is 1. The third kappa shape index (κ3) is 4.10. The van der Waals surface area contributed by atoms with Crippen molar-refractivity contribution < 1.29 is 9.18 Å². The first kappa shape index (κ1) is 16.0. The summed E-state index contributed by atoms with van der Waals surface area (Å²) in [6.07, 6.45) is 15.3. The Morgan fingerprint density at radius 3 is 2.09 bits per heavy atom. The lowest BCUT2D eigenvalue weighted by molar-refractivity contribution is -0.117. The minimum Gasteiger partial charge on any atom is -0.323 e. The predicted octanol–water partition coefficient (Wildman–Crippen LogP) is 5.09. The van der Waals surface area contributed by atoms with Crippen LogP contribution in [0.25, 0.3) is 0 Å². The molecule has 1 N–H and O–H groups in total. The number of amides is 1. The van der Waals surface area contributed by atoms with E-state index in [9.17, 15) is 9.18 Å². The Kier molecular flexibility index (Phi) is 5.27. The van der Waals surface area contributed by atoms with Gasteiger partial charge in [-0.05, 0) is 62.5 Å². The Labute approximate surface area is 137 Å². The third-order valence-electron chi connectivity index (χ3n) is 4.93. The lowest BCUT2D eigenvalue weighted by Gasteiger charge is -2.05. The van der Waals surface area contributed by atoms with Gasteiger partial charge in [-0.2, -0.15) is 0 Å². The topological polar surface area (TPSA) is 29.1 Å². The van der Waals surface area contributed by atoms with Crippen LogP contribution in [-0.4, -0.2) is 5.91 Å². The Bertz CT molecular complexity index is 583. The van der Waals surface area contributed by atoms with E-state index in [-0.39, 0.29) is 17.6 Å². The minimum atomic E-state index is -0.369. The Hall–Kier alpha value is -1.90. The first-order valence-corrected chi connectivity index (χ1v) is 8.63. The summed E-state index contributed by atoms with van der Waals surface area (Å²) in [4.78, 5) is 12.5. The van der Waals surface area contributed by atoms with Crippen molar-refractivity contribution in [2.75, 3.05) is 5.32 Å². The lowest BCUT2D eigenvalue weighted by atomic mass is 10.1. The molecule has 2 nitrogen and oxygen atoms in total. The molecule has 0 saturated heterocycles. The molecule has 1 saturated carbocycles. The number of hydrogen-bond donors (Lipinski definition) is 1. The summed E-state index contributed by atoms with van der Waals surface area (Å²) < 4.78 is 13.7. The maximum atomic E-state index is 13.7. The van der Waals surface area contributed by atoms with Crippen LogP contribution in [0.2, 0.25) is 0 Å². The molecule has 3 heteroatoms. The molecule has 2 aliphatic rings. The van der Waals surface area contributed by atoms with Crippen molar-refractivity contribution >= 4 is 11.6 Å². The summed E-state index contributed by atoms with van der Waals surface area (Å²) in [6.45, 7) is 0. The Balaban J connectivity index is 1.63. The van der Waals surface area contributed by atoms with E-state index in [0.29, 0.717) is 17.5 Å². The van der Waals surface area contributed by atoms with Crippen molar-refractivity contribution in [1.29, 1.82) is 0 Å². The summed E-state index contributed by atoms with van der Waals surface area (Å²) in [5, 5.41) is 2.78. The summed E-state index contributed by atoms with van der Waals surface area (Å²) >= 11 is 0. The van der Waals surface area contributed by atoms with E-state index in [2.05, 4.69) is 29.6 Å². The van der Waals surface area contributed by atoms with Gasteiger partial charge in [-0.25, -0.2) is 4.39 Å². The molecule has 122 valence electrons. The van der Waals surface area contributed by atoms with Gasteiger partial charge in [-0.3, -0.25) is 4.79 Å². The second-order valence-corrected chi connectivity index (χ2v) is 6.50. The average molecular weight is 313 g/mol. The maximum Gasteiger partial charge on any atom is 0.228 e. The fraction of sp³-hybridized carbons (Fsp3) is 0.450. The van der Waals surface area contributed by atoms with Crippen molar-refractivity contribution in [3.8, 4) is 0 Å². The quantitative estimate of drug-likeness (QED) is 0.757. The standard InChI is InChI=1S/C20H24FNO/c21-17-13-9-10-14-18(17)22-20(23)19-15-11-7-5-3-1-2-4-6-8-12-16(15)19/h3-6,9-10,13-16,19H,1-2,7-8,11-12H2,(H,22,23)/t15-,16-,19?/m0/s1. The van der Waals surface area contributed by atoms with Crippen LogP contribution in [-0.2, 0) is 4.79 Å². The molecule has 0 spiro atoms. The second-order valence-electron chi connectivity index (χ2n) is 6.50. The first-order valence-electron chi connectivity index (χ1n) is 8.63. The number of rotatable bonds is 2. The number of carbonyl (C=O) groups excluding carboxylic acids is 1. The molecule has 0 heterocycles. The smallest absolute Gasteiger partial charge is 0.228 e. The number of benzene rings is 1. The number of halogens is 1. The lowest BCUT2D eigenvalue weighted by Crippen LogP contribution is -2.16. The van der Waals surface area contributed by atoms with E-state index in [0.717, 1.165) is 38.5 Å². The zero-order valence-electron chi connectivity index (χ0n) is 13.4.